The molecule has 6 heteroatoms. The molecule has 4 nitrogen and oxygen atoms in total. The number of carbonyl (C=O) groups is 2. The van der Waals surface area contributed by atoms with Crippen LogP contribution in [0.2, 0.25) is 10.0 Å². The first-order chi connectivity index (χ1) is 18.9. The molecule has 0 aromatic heterocycles. The summed E-state index contributed by atoms with van der Waals surface area (Å²) >= 11 is 12.5. The highest BCUT2D eigenvalue weighted by atomic mass is 35.5. The number of hydrogen-bond donors (Lipinski definition) is 1. The molecule has 4 rings (SSSR count). The highest BCUT2D eigenvalue weighted by Crippen LogP contribution is 2.25. The highest BCUT2D eigenvalue weighted by molar-refractivity contribution is 6.42. The lowest BCUT2D eigenvalue weighted by molar-refractivity contribution is -0.141. The van der Waals surface area contributed by atoms with Crippen LogP contribution < -0.4 is 5.32 Å². The van der Waals surface area contributed by atoms with Crippen molar-refractivity contribution in [1.82, 2.24) is 10.2 Å². The van der Waals surface area contributed by atoms with Crippen LogP contribution in [0.5, 0.6) is 0 Å². The second-order valence-corrected chi connectivity index (χ2v) is 11.3. The van der Waals surface area contributed by atoms with Crippen LogP contribution >= 0.6 is 23.2 Å². The number of carbonyl (C=O) groups excluding carboxylic acids is 2. The van der Waals surface area contributed by atoms with Crippen molar-refractivity contribution in [3.63, 3.8) is 0 Å². The van der Waals surface area contributed by atoms with E-state index < -0.39 is 6.04 Å². The Morgan fingerprint density at radius 1 is 0.846 bits per heavy atom. The predicted octanol–water partition coefficient (Wildman–Crippen LogP) is 7.58. The van der Waals surface area contributed by atoms with E-state index >= 15 is 0 Å². The smallest absolute Gasteiger partial charge is 0.243 e. The van der Waals surface area contributed by atoms with Gasteiger partial charge in [-0.1, -0.05) is 110 Å². The van der Waals surface area contributed by atoms with Gasteiger partial charge in [0.2, 0.25) is 11.8 Å². The molecular formula is C33H38Cl2N2O2. The summed E-state index contributed by atoms with van der Waals surface area (Å²) in [5.74, 6) is -0.146. The van der Waals surface area contributed by atoms with E-state index in [0.717, 1.165) is 48.8 Å². The van der Waals surface area contributed by atoms with Gasteiger partial charge in [0, 0.05) is 25.4 Å². The lowest BCUT2D eigenvalue weighted by Gasteiger charge is -2.33. The third-order valence-corrected chi connectivity index (χ3v) is 8.36. The third-order valence-electron chi connectivity index (χ3n) is 7.62. The second kappa shape index (κ2) is 14.5. The van der Waals surface area contributed by atoms with E-state index in [-0.39, 0.29) is 24.4 Å². The van der Waals surface area contributed by atoms with Gasteiger partial charge in [0.1, 0.15) is 6.04 Å². The number of halogens is 2. The summed E-state index contributed by atoms with van der Waals surface area (Å²) in [5, 5.41) is 4.18. The maximum atomic E-state index is 13.9. The quantitative estimate of drug-likeness (QED) is 0.261. The summed E-state index contributed by atoms with van der Waals surface area (Å²) in [5.41, 5.74) is 4.24. The molecule has 1 aliphatic carbocycles. The first-order valence-corrected chi connectivity index (χ1v) is 14.8. The molecule has 39 heavy (non-hydrogen) atoms. The summed E-state index contributed by atoms with van der Waals surface area (Å²) in [4.78, 5) is 29.5. The van der Waals surface area contributed by atoms with Crippen molar-refractivity contribution in [3.8, 4) is 0 Å². The van der Waals surface area contributed by atoms with Crippen molar-refractivity contribution < 1.29 is 9.59 Å². The molecule has 1 unspecified atom stereocenters. The molecule has 0 spiro atoms. The molecule has 0 bridgehead atoms. The van der Waals surface area contributed by atoms with Gasteiger partial charge in [-0.25, -0.2) is 0 Å². The van der Waals surface area contributed by atoms with Crippen LogP contribution in [0.4, 0.5) is 0 Å². The van der Waals surface area contributed by atoms with E-state index in [0.29, 0.717) is 29.3 Å². The molecule has 3 aromatic carbocycles. The maximum Gasteiger partial charge on any atom is 0.243 e. The Bertz CT molecular complexity index is 1220. The summed E-state index contributed by atoms with van der Waals surface area (Å²) < 4.78 is 0. The summed E-state index contributed by atoms with van der Waals surface area (Å²) in [6, 6.07) is 23.2. The van der Waals surface area contributed by atoms with E-state index in [9.17, 15) is 9.59 Å². The minimum Gasteiger partial charge on any atom is -0.352 e. The summed E-state index contributed by atoms with van der Waals surface area (Å²) in [7, 11) is 0. The molecule has 0 aliphatic heterocycles. The molecule has 3 aromatic rings. The zero-order chi connectivity index (χ0) is 27.6. The molecule has 1 atom stereocenters. The van der Waals surface area contributed by atoms with Gasteiger partial charge in [-0.2, -0.15) is 0 Å². The maximum absolute atomic E-state index is 13.9. The number of nitrogens with one attached hydrogen (secondary N) is 1. The second-order valence-electron chi connectivity index (χ2n) is 10.5. The normalized spacial score (nSPS) is 14.5. The Balaban J connectivity index is 1.61. The molecule has 1 N–H and O–H groups in total. The van der Waals surface area contributed by atoms with Crippen LogP contribution in [-0.2, 0) is 35.4 Å². The Morgan fingerprint density at radius 3 is 2.18 bits per heavy atom. The van der Waals surface area contributed by atoms with Crippen molar-refractivity contribution in [2.24, 2.45) is 0 Å². The van der Waals surface area contributed by atoms with Crippen LogP contribution in [0.25, 0.3) is 0 Å². The first-order valence-electron chi connectivity index (χ1n) is 14.1. The predicted molar refractivity (Wildman–Crippen MR) is 160 cm³/mol. The largest absolute Gasteiger partial charge is 0.352 e. The van der Waals surface area contributed by atoms with Gasteiger partial charge in [-0.3, -0.25) is 9.59 Å². The van der Waals surface area contributed by atoms with Gasteiger partial charge in [0.15, 0.2) is 0 Å². The van der Waals surface area contributed by atoms with Crippen LogP contribution in [0, 0.1) is 0 Å². The van der Waals surface area contributed by atoms with Crippen molar-refractivity contribution in [2.45, 2.75) is 83.3 Å². The van der Waals surface area contributed by atoms with Crippen LogP contribution in [0.1, 0.15) is 67.7 Å². The van der Waals surface area contributed by atoms with Gasteiger partial charge in [0.25, 0.3) is 0 Å². The summed E-state index contributed by atoms with van der Waals surface area (Å²) in [6.45, 7) is 2.41. The zero-order valence-electron chi connectivity index (χ0n) is 22.7. The fourth-order valence-electron chi connectivity index (χ4n) is 5.27. The number of rotatable bonds is 11. The molecule has 0 heterocycles. The molecule has 206 valence electrons. The van der Waals surface area contributed by atoms with Crippen molar-refractivity contribution in [3.05, 3.63) is 105 Å². The van der Waals surface area contributed by atoms with E-state index in [1.54, 1.807) is 17.0 Å². The molecular weight excluding hydrogens is 527 g/mol. The Hall–Kier alpha value is -2.82. The highest BCUT2D eigenvalue weighted by Gasteiger charge is 2.31. The molecule has 1 fully saturated rings. The SMILES string of the molecule is CCc1ccc(CCC(=O)N(Cc2ccc(Cl)c(Cl)c2)C(Cc2ccccc2)C(=O)NC2CCCCC2)cc1. The number of aryl methyl sites for hydroxylation is 2. The number of nitrogens with zero attached hydrogens (tertiary/aromatic N) is 1. The molecule has 0 saturated heterocycles. The minimum absolute atomic E-state index is 0.0552. The zero-order valence-corrected chi connectivity index (χ0v) is 24.2. The lowest BCUT2D eigenvalue weighted by atomic mass is 9.94. The standard InChI is InChI=1S/C33H38Cl2N2O2/c1-2-24-13-15-25(16-14-24)18-20-32(38)37(23-27-17-19-29(34)30(35)21-27)31(22-26-9-5-3-6-10-26)33(39)36-28-11-7-4-8-12-28/h3,5-6,9-10,13-17,19,21,28,31H,2,4,7-8,11-12,18,20,22-23H2,1H3,(H,36,39). The monoisotopic (exact) mass is 564 g/mol. The van der Waals surface area contributed by atoms with Crippen LogP contribution in [0.15, 0.2) is 72.8 Å². The molecule has 0 radical (unpaired) electrons. The van der Waals surface area contributed by atoms with E-state index in [4.69, 9.17) is 23.2 Å². The Morgan fingerprint density at radius 2 is 1.51 bits per heavy atom. The molecule has 1 aliphatic rings. The van der Waals surface area contributed by atoms with E-state index in [2.05, 4.69) is 36.5 Å². The Kier molecular flexibility index (Phi) is 10.9. The molecule has 2 amide bonds. The summed E-state index contributed by atoms with van der Waals surface area (Å²) in [6.07, 6.45) is 7.77. The van der Waals surface area contributed by atoms with E-state index in [1.807, 2.05) is 36.4 Å². The van der Waals surface area contributed by atoms with Crippen LogP contribution in [0.3, 0.4) is 0 Å². The molecule has 1 saturated carbocycles. The van der Waals surface area contributed by atoms with Gasteiger partial charge < -0.3 is 10.2 Å². The van der Waals surface area contributed by atoms with Crippen molar-refractivity contribution in [1.29, 1.82) is 0 Å². The topological polar surface area (TPSA) is 49.4 Å². The fourth-order valence-corrected chi connectivity index (χ4v) is 5.59. The number of benzene rings is 3. The Labute approximate surface area is 242 Å². The first kappa shape index (κ1) is 29.2. The van der Waals surface area contributed by atoms with Crippen molar-refractivity contribution in [2.75, 3.05) is 0 Å². The van der Waals surface area contributed by atoms with Gasteiger partial charge in [-0.05, 0) is 60.1 Å². The van der Waals surface area contributed by atoms with Gasteiger partial charge in [-0.15, -0.1) is 0 Å². The third kappa shape index (κ3) is 8.58. The number of amides is 2. The van der Waals surface area contributed by atoms with Gasteiger partial charge in [0.05, 0.1) is 10.0 Å². The average molecular weight is 566 g/mol. The average Bonchev–Trinajstić information content (AvgIpc) is 2.96. The van der Waals surface area contributed by atoms with Gasteiger partial charge >= 0.3 is 0 Å². The van der Waals surface area contributed by atoms with Crippen molar-refractivity contribution >= 4 is 35.0 Å². The minimum atomic E-state index is -0.640. The van der Waals surface area contributed by atoms with E-state index in [1.165, 1.54) is 12.0 Å². The fraction of sp³-hybridized carbons (Fsp3) is 0.394. The number of hydrogen-bond acceptors (Lipinski definition) is 2. The lowest BCUT2D eigenvalue weighted by Crippen LogP contribution is -2.52. The van der Waals surface area contributed by atoms with Crippen LogP contribution in [-0.4, -0.2) is 28.8 Å².